The average Bonchev–Trinajstić information content (AvgIpc) is 2.59. The minimum atomic E-state index is -3.49. The maximum atomic E-state index is 12.2. The SMILES string of the molecule is CC1CN(Cc2ccccc2NC(=O)NCCNS(=O)(=O)N(C)C)CC(C)O1. The van der Waals surface area contributed by atoms with E-state index in [2.05, 4.69) is 34.1 Å². The molecule has 0 radical (unpaired) electrons. The molecule has 2 unspecified atom stereocenters. The van der Waals surface area contributed by atoms with Crippen LogP contribution in [-0.2, 0) is 21.5 Å². The highest BCUT2D eigenvalue weighted by atomic mass is 32.2. The van der Waals surface area contributed by atoms with Crippen molar-refractivity contribution in [1.29, 1.82) is 0 Å². The van der Waals surface area contributed by atoms with Gasteiger partial charge in [0.1, 0.15) is 0 Å². The number of amides is 2. The van der Waals surface area contributed by atoms with Crippen molar-refractivity contribution in [2.24, 2.45) is 0 Å². The fourth-order valence-corrected chi connectivity index (χ4v) is 3.70. The first kappa shape index (κ1) is 22.6. The number of hydrogen-bond acceptors (Lipinski definition) is 5. The van der Waals surface area contributed by atoms with Gasteiger partial charge in [0.25, 0.3) is 10.2 Å². The molecule has 1 aliphatic heterocycles. The smallest absolute Gasteiger partial charge is 0.319 e. The van der Waals surface area contributed by atoms with E-state index in [0.29, 0.717) is 0 Å². The minimum Gasteiger partial charge on any atom is -0.373 e. The number of anilines is 1. The lowest BCUT2D eigenvalue weighted by Gasteiger charge is -2.35. The summed E-state index contributed by atoms with van der Waals surface area (Å²) in [5, 5.41) is 5.51. The number of urea groups is 1. The van der Waals surface area contributed by atoms with Crippen molar-refractivity contribution in [3.8, 4) is 0 Å². The summed E-state index contributed by atoms with van der Waals surface area (Å²) >= 11 is 0. The molecule has 9 nitrogen and oxygen atoms in total. The van der Waals surface area contributed by atoms with Crippen molar-refractivity contribution in [2.75, 3.05) is 45.6 Å². The number of carbonyl (C=O) groups is 1. The van der Waals surface area contributed by atoms with Crippen LogP contribution in [-0.4, -0.2) is 76.1 Å². The second kappa shape index (κ2) is 10.2. The third-order valence-corrected chi connectivity index (χ3v) is 5.86. The molecular weight excluding hydrogens is 382 g/mol. The van der Waals surface area contributed by atoms with Crippen molar-refractivity contribution in [2.45, 2.75) is 32.6 Å². The maximum Gasteiger partial charge on any atom is 0.319 e. The second-order valence-electron chi connectivity index (χ2n) is 7.17. The summed E-state index contributed by atoms with van der Waals surface area (Å²) in [5.41, 5.74) is 1.76. The summed E-state index contributed by atoms with van der Waals surface area (Å²) in [6.45, 7) is 6.82. The van der Waals surface area contributed by atoms with E-state index < -0.39 is 10.2 Å². The molecule has 10 heteroatoms. The molecule has 2 rings (SSSR count). The monoisotopic (exact) mass is 413 g/mol. The number of benzene rings is 1. The van der Waals surface area contributed by atoms with Gasteiger partial charge in [-0.15, -0.1) is 0 Å². The van der Waals surface area contributed by atoms with E-state index in [1.807, 2.05) is 24.3 Å². The molecule has 0 aromatic heterocycles. The summed E-state index contributed by atoms with van der Waals surface area (Å²) in [6, 6.07) is 7.29. The van der Waals surface area contributed by atoms with Crippen LogP contribution in [0.4, 0.5) is 10.5 Å². The van der Waals surface area contributed by atoms with Gasteiger partial charge in [-0.3, -0.25) is 4.90 Å². The number of ether oxygens (including phenoxy) is 1. The average molecular weight is 414 g/mol. The predicted octanol–water partition coefficient (Wildman–Crippen LogP) is 0.813. The maximum absolute atomic E-state index is 12.2. The number of para-hydroxylation sites is 1. The van der Waals surface area contributed by atoms with Crippen molar-refractivity contribution < 1.29 is 17.9 Å². The van der Waals surface area contributed by atoms with E-state index in [9.17, 15) is 13.2 Å². The predicted molar refractivity (Wildman–Crippen MR) is 109 cm³/mol. The van der Waals surface area contributed by atoms with Gasteiger partial charge >= 0.3 is 6.03 Å². The van der Waals surface area contributed by atoms with E-state index in [-0.39, 0.29) is 31.3 Å². The molecule has 1 fully saturated rings. The van der Waals surface area contributed by atoms with Gasteiger partial charge in [0.2, 0.25) is 0 Å². The molecule has 3 N–H and O–H groups in total. The van der Waals surface area contributed by atoms with Gasteiger partial charge in [-0.25, -0.2) is 9.52 Å². The van der Waals surface area contributed by atoms with Gasteiger partial charge in [-0.2, -0.15) is 12.7 Å². The van der Waals surface area contributed by atoms with E-state index in [4.69, 9.17) is 4.74 Å². The quantitative estimate of drug-likeness (QED) is 0.548. The molecule has 2 amide bonds. The zero-order valence-corrected chi connectivity index (χ0v) is 17.8. The largest absolute Gasteiger partial charge is 0.373 e. The number of hydrogen-bond donors (Lipinski definition) is 3. The summed E-state index contributed by atoms with van der Waals surface area (Å²) in [6.07, 6.45) is 0.358. The molecule has 1 aromatic rings. The van der Waals surface area contributed by atoms with Crippen LogP contribution in [0, 0.1) is 0 Å². The Labute approximate surface area is 167 Å². The van der Waals surface area contributed by atoms with Crippen LogP contribution in [0.2, 0.25) is 0 Å². The molecule has 158 valence electrons. The standard InChI is InChI=1S/C18H31N5O4S/c1-14-11-23(12-15(2)27-14)13-16-7-5-6-8-17(16)21-18(24)19-9-10-20-28(25,26)22(3)4/h5-8,14-15,20H,9-13H2,1-4H3,(H2,19,21,24). The van der Waals surface area contributed by atoms with Gasteiger partial charge in [0.05, 0.1) is 12.2 Å². The third kappa shape index (κ3) is 7.02. The van der Waals surface area contributed by atoms with Crippen LogP contribution in [0.5, 0.6) is 0 Å². The number of carbonyl (C=O) groups excluding carboxylic acids is 1. The Hall–Kier alpha value is -1.72. The van der Waals surface area contributed by atoms with Crippen LogP contribution in [0.1, 0.15) is 19.4 Å². The van der Waals surface area contributed by atoms with Gasteiger partial charge in [-0.1, -0.05) is 18.2 Å². The Kier molecular flexibility index (Phi) is 8.20. The summed E-state index contributed by atoms with van der Waals surface area (Å²) in [7, 11) is -0.612. The Morgan fingerprint density at radius 3 is 2.46 bits per heavy atom. The van der Waals surface area contributed by atoms with E-state index in [1.165, 1.54) is 14.1 Å². The highest BCUT2D eigenvalue weighted by Gasteiger charge is 2.22. The fourth-order valence-electron chi connectivity index (χ4n) is 3.09. The summed E-state index contributed by atoms with van der Waals surface area (Å²) in [5.74, 6) is 0. The van der Waals surface area contributed by atoms with Crippen LogP contribution in [0.3, 0.4) is 0 Å². The fraction of sp³-hybridized carbons (Fsp3) is 0.611. The van der Waals surface area contributed by atoms with Crippen molar-refractivity contribution in [1.82, 2.24) is 19.2 Å². The minimum absolute atomic E-state index is 0.110. The Balaban J connectivity index is 1.86. The molecular formula is C18H31N5O4S. The first-order valence-corrected chi connectivity index (χ1v) is 10.8. The van der Waals surface area contributed by atoms with Crippen LogP contribution >= 0.6 is 0 Å². The Morgan fingerprint density at radius 1 is 1.18 bits per heavy atom. The third-order valence-electron chi connectivity index (χ3n) is 4.33. The number of morpholine rings is 1. The van der Waals surface area contributed by atoms with Crippen molar-refractivity contribution in [3.63, 3.8) is 0 Å². The Bertz CT molecular complexity index is 746. The number of rotatable bonds is 8. The van der Waals surface area contributed by atoms with E-state index >= 15 is 0 Å². The topological polar surface area (TPSA) is 103 Å². The molecule has 0 bridgehead atoms. The molecule has 1 aromatic carbocycles. The van der Waals surface area contributed by atoms with Gasteiger partial charge in [0, 0.05) is 52.5 Å². The molecule has 0 aliphatic carbocycles. The lowest BCUT2D eigenvalue weighted by molar-refractivity contribution is -0.0704. The van der Waals surface area contributed by atoms with Crippen molar-refractivity contribution in [3.05, 3.63) is 29.8 Å². The number of nitrogens with one attached hydrogen (secondary N) is 3. The molecule has 28 heavy (non-hydrogen) atoms. The molecule has 2 atom stereocenters. The highest BCUT2D eigenvalue weighted by molar-refractivity contribution is 7.87. The first-order chi connectivity index (χ1) is 13.2. The molecule has 1 aliphatic rings. The summed E-state index contributed by atoms with van der Waals surface area (Å²) in [4.78, 5) is 14.5. The van der Waals surface area contributed by atoms with Gasteiger partial charge in [-0.05, 0) is 25.5 Å². The molecule has 0 spiro atoms. The number of nitrogens with zero attached hydrogens (tertiary/aromatic N) is 2. The van der Waals surface area contributed by atoms with Gasteiger partial charge in [0.15, 0.2) is 0 Å². The van der Waals surface area contributed by atoms with E-state index in [0.717, 1.165) is 35.2 Å². The zero-order chi connectivity index (χ0) is 20.7. The van der Waals surface area contributed by atoms with Crippen LogP contribution in [0.25, 0.3) is 0 Å². The lowest BCUT2D eigenvalue weighted by atomic mass is 10.1. The second-order valence-corrected chi connectivity index (χ2v) is 9.14. The Morgan fingerprint density at radius 2 is 1.82 bits per heavy atom. The summed E-state index contributed by atoms with van der Waals surface area (Å²) < 4.78 is 32.5. The lowest BCUT2D eigenvalue weighted by Crippen LogP contribution is -2.45. The highest BCUT2D eigenvalue weighted by Crippen LogP contribution is 2.20. The van der Waals surface area contributed by atoms with Crippen LogP contribution in [0.15, 0.2) is 24.3 Å². The molecule has 1 saturated heterocycles. The zero-order valence-electron chi connectivity index (χ0n) is 16.9. The molecule has 1 heterocycles. The van der Waals surface area contributed by atoms with E-state index in [1.54, 1.807) is 0 Å². The first-order valence-electron chi connectivity index (χ1n) is 9.35. The van der Waals surface area contributed by atoms with Crippen molar-refractivity contribution >= 4 is 21.9 Å². The normalized spacial score (nSPS) is 20.9. The van der Waals surface area contributed by atoms with Gasteiger partial charge < -0.3 is 15.4 Å². The van der Waals surface area contributed by atoms with Crippen LogP contribution < -0.4 is 15.4 Å². The molecule has 0 saturated carbocycles.